The summed E-state index contributed by atoms with van der Waals surface area (Å²) >= 11 is 7.42. The van der Waals surface area contributed by atoms with Gasteiger partial charge in [-0.1, -0.05) is 47.6 Å². The summed E-state index contributed by atoms with van der Waals surface area (Å²) in [4.78, 5) is 38.3. The number of benzene rings is 3. The number of aryl methyl sites for hydroxylation is 1. The van der Waals surface area contributed by atoms with Crippen molar-refractivity contribution < 1.29 is 14.3 Å². The van der Waals surface area contributed by atoms with Gasteiger partial charge in [0.2, 0.25) is 5.43 Å². The van der Waals surface area contributed by atoms with E-state index in [1.807, 2.05) is 30.3 Å². The van der Waals surface area contributed by atoms with Gasteiger partial charge in [0.15, 0.2) is 6.61 Å². The molecule has 0 aliphatic heterocycles. The van der Waals surface area contributed by atoms with Crippen LogP contribution in [0.5, 0.6) is 0 Å². The predicted octanol–water partition coefficient (Wildman–Crippen LogP) is 4.77. The van der Waals surface area contributed by atoms with Crippen molar-refractivity contribution in [2.45, 2.75) is 22.8 Å². The molecule has 1 amide bonds. The van der Waals surface area contributed by atoms with Crippen LogP contribution in [-0.4, -0.2) is 28.3 Å². The fraction of sp³-hybridized carbons (Fsp3) is 0.120. The van der Waals surface area contributed by atoms with Crippen LogP contribution in [0.2, 0.25) is 5.02 Å². The molecule has 34 heavy (non-hydrogen) atoms. The molecule has 1 aromatic heterocycles. The normalized spacial score (nSPS) is 10.7. The first-order valence-corrected chi connectivity index (χ1v) is 11.6. The number of para-hydroxylation sites is 2. The van der Waals surface area contributed by atoms with Crippen LogP contribution in [0, 0.1) is 0 Å². The number of rotatable bonds is 8. The predicted molar refractivity (Wildman–Crippen MR) is 132 cm³/mol. The van der Waals surface area contributed by atoms with Crippen molar-refractivity contribution in [1.82, 2.24) is 9.78 Å². The number of anilines is 1. The highest BCUT2D eigenvalue weighted by atomic mass is 35.5. The molecular weight excluding hydrogens is 474 g/mol. The number of fused-ring (bicyclic) bond motifs is 1. The third kappa shape index (κ3) is 6.03. The van der Waals surface area contributed by atoms with Crippen LogP contribution in [0.4, 0.5) is 5.69 Å². The SMILES string of the molecule is O=C(COC(=O)CCn1ncc(=O)c2ccccc21)Nc1ccccc1Sc1ccc(Cl)cc1. The number of esters is 1. The van der Waals surface area contributed by atoms with Crippen molar-refractivity contribution >= 4 is 51.8 Å². The van der Waals surface area contributed by atoms with Crippen molar-refractivity contribution in [3.63, 3.8) is 0 Å². The van der Waals surface area contributed by atoms with Gasteiger partial charge in [-0.15, -0.1) is 0 Å². The number of amides is 1. The smallest absolute Gasteiger partial charge is 0.308 e. The second-order valence-electron chi connectivity index (χ2n) is 7.26. The number of nitrogens with zero attached hydrogens (tertiary/aromatic N) is 2. The van der Waals surface area contributed by atoms with Gasteiger partial charge in [0.25, 0.3) is 5.91 Å². The lowest BCUT2D eigenvalue weighted by atomic mass is 10.2. The maximum atomic E-state index is 12.4. The number of carbonyl (C=O) groups excluding carboxylic acids is 2. The molecule has 0 unspecified atom stereocenters. The molecule has 1 heterocycles. The number of carbonyl (C=O) groups is 2. The molecule has 172 valence electrons. The quantitative estimate of drug-likeness (QED) is 0.355. The van der Waals surface area contributed by atoms with Gasteiger partial charge in [-0.2, -0.15) is 5.10 Å². The fourth-order valence-electron chi connectivity index (χ4n) is 3.23. The highest BCUT2D eigenvalue weighted by Gasteiger charge is 2.12. The lowest BCUT2D eigenvalue weighted by Crippen LogP contribution is -2.22. The Morgan fingerprint density at radius 1 is 1.00 bits per heavy atom. The molecule has 0 radical (unpaired) electrons. The zero-order chi connectivity index (χ0) is 23.9. The van der Waals surface area contributed by atoms with Crippen molar-refractivity contribution in [1.29, 1.82) is 0 Å². The number of nitrogens with one attached hydrogen (secondary N) is 1. The monoisotopic (exact) mass is 493 g/mol. The van der Waals surface area contributed by atoms with Crippen molar-refractivity contribution in [2.75, 3.05) is 11.9 Å². The van der Waals surface area contributed by atoms with E-state index in [4.69, 9.17) is 16.3 Å². The molecule has 9 heteroatoms. The van der Waals surface area contributed by atoms with Gasteiger partial charge in [0.05, 0.1) is 30.4 Å². The molecule has 0 aliphatic carbocycles. The van der Waals surface area contributed by atoms with Gasteiger partial charge in [-0.25, -0.2) is 0 Å². The summed E-state index contributed by atoms with van der Waals surface area (Å²) in [5, 5.41) is 8.05. The summed E-state index contributed by atoms with van der Waals surface area (Å²) < 4.78 is 6.70. The van der Waals surface area contributed by atoms with E-state index in [1.54, 1.807) is 47.1 Å². The fourth-order valence-corrected chi connectivity index (χ4v) is 4.26. The molecule has 0 bridgehead atoms. The summed E-state index contributed by atoms with van der Waals surface area (Å²) in [5.74, 6) is -0.979. The van der Waals surface area contributed by atoms with Gasteiger partial charge in [-0.3, -0.25) is 19.1 Å². The Morgan fingerprint density at radius 2 is 1.74 bits per heavy atom. The molecule has 3 aromatic carbocycles. The Bertz CT molecular complexity index is 1390. The molecule has 0 aliphatic rings. The van der Waals surface area contributed by atoms with Gasteiger partial charge in [0, 0.05) is 20.2 Å². The lowest BCUT2D eigenvalue weighted by Gasteiger charge is -2.12. The largest absolute Gasteiger partial charge is 0.456 e. The van der Waals surface area contributed by atoms with Gasteiger partial charge in [0.1, 0.15) is 0 Å². The van der Waals surface area contributed by atoms with Gasteiger partial charge in [-0.05, 0) is 48.5 Å². The topological polar surface area (TPSA) is 90.3 Å². The molecule has 0 atom stereocenters. The minimum Gasteiger partial charge on any atom is -0.456 e. The first-order chi connectivity index (χ1) is 16.5. The van der Waals surface area contributed by atoms with Crippen LogP contribution >= 0.6 is 23.4 Å². The Labute approximate surface area is 204 Å². The first kappa shape index (κ1) is 23.5. The molecule has 0 saturated heterocycles. The van der Waals surface area contributed by atoms with E-state index < -0.39 is 18.5 Å². The third-order valence-electron chi connectivity index (χ3n) is 4.86. The summed E-state index contributed by atoms with van der Waals surface area (Å²) in [5.41, 5.74) is 1.07. The minimum absolute atomic E-state index is 0.0101. The summed E-state index contributed by atoms with van der Waals surface area (Å²) in [6.07, 6.45) is 1.23. The highest BCUT2D eigenvalue weighted by molar-refractivity contribution is 7.99. The number of hydrogen-bond acceptors (Lipinski definition) is 6. The van der Waals surface area contributed by atoms with Crippen LogP contribution in [0.1, 0.15) is 6.42 Å². The number of aromatic nitrogens is 2. The van der Waals surface area contributed by atoms with Gasteiger partial charge < -0.3 is 10.1 Å². The van der Waals surface area contributed by atoms with E-state index in [1.165, 1.54) is 18.0 Å². The number of hydrogen-bond donors (Lipinski definition) is 1. The van der Waals surface area contributed by atoms with Crippen LogP contribution in [0.3, 0.4) is 0 Å². The molecule has 7 nitrogen and oxygen atoms in total. The molecule has 0 fully saturated rings. The molecule has 4 aromatic rings. The summed E-state index contributed by atoms with van der Waals surface area (Å²) in [6.45, 7) is -0.182. The standard InChI is InChI=1S/C25H20ClN3O4S/c26-17-9-11-18(12-10-17)34-23-8-4-2-6-20(23)28-24(31)16-33-25(32)13-14-29-21-7-3-1-5-19(21)22(30)15-27-29/h1-12,15H,13-14,16H2,(H,28,31). The maximum absolute atomic E-state index is 12.4. The van der Waals surface area contributed by atoms with E-state index in [2.05, 4.69) is 10.4 Å². The van der Waals surface area contributed by atoms with E-state index in [9.17, 15) is 14.4 Å². The van der Waals surface area contributed by atoms with E-state index in [0.29, 0.717) is 21.6 Å². The zero-order valence-corrected chi connectivity index (χ0v) is 19.5. The Hall–Kier alpha value is -3.62. The van der Waals surface area contributed by atoms with Crippen LogP contribution < -0.4 is 10.7 Å². The van der Waals surface area contributed by atoms with Crippen LogP contribution in [0.15, 0.2) is 93.6 Å². The lowest BCUT2D eigenvalue weighted by molar-refractivity contribution is -0.147. The molecular formula is C25H20ClN3O4S. The number of ether oxygens (including phenoxy) is 1. The Kier molecular flexibility index (Phi) is 7.61. The van der Waals surface area contributed by atoms with E-state index in [-0.39, 0.29) is 18.4 Å². The molecule has 0 saturated carbocycles. The third-order valence-corrected chi connectivity index (χ3v) is 6.19. The average molecular weight is 494 g/mol. The van der Waals surface area contributed by atoms with E-state index in [0.717, 1.165) is 9.79 Å². The Morgan fingerprint density at radius 3 is 2.56 bits per heavy atom. The second kappa shape index (κ2) is 11.0. The summed E-state index contributed by atoms with van der Waals surface area (Å²) in [6, 6.07) is 21.8. The van der Waals surface area contributed by atoms with Crippen LogP contribution in [0.25, 0.3) is 10.9 Å². The molecule has 1 N–H and O–H groups in total. The van der Waals surface area contributed by atoms with Crippen molar-refractivity contribution in [3.05, 3.63) is 94.2 Å². The van der Waals surface area contributed by atoms with Crippen LogP contribution in [-0.2, 0) is 20.9 Å². The average Bonchev–Trinajstić information content (AvgIpc) is 2.85. The Balaban J connectivity index is 1.31. The summed E-state index contributed by atoms with van der Waals surface area (Å²) in [7, 11) is 0. The highest BCUT2D eigenvalue weighted by Crippen LogP contribution is 2.33. The first-order valence-electron chi connectivity index (χ1n) is 10.4. The van der Waals surface area contributed by atoms with Gasteiger partial charge >= 0.3 is 5.97 Å². The van der Waals surface area contributed by atoms with Crippen molar-refractivity contribution in [2.24, 2.45) is 0 Å². The number of halogens is 1. The minimum atomic E-state index is -0.538. The van der Waals surface area contributed by atoms with Crippen molar-refractivity contribution in [3.8, 4) is 0 Å². The molecule has 0 spiro atoms. The maximum Gasteiger partial charge on any atom is 0.308 e. The second-order valence-corrected chi connectivity index (χ2v) is 8.81. The molecule has 4 rings (SSSR count). The van der Waals surface area contributed by atoms with E-state index >= 15 is 0 Å². The zero-order valence-electron chi connectivity index (χ0n) is 17.9.